The van der Waals surface area contributed by atoms with Gasteiger partial charge in [0.2, 0.25) is 5.91 Å². The van der Waals surface area contributed by atoms with Crippen molar-refractivity contribution in [3.8, 4) is 0 Å². The predicted octanol–water partition coefficient (Wildman–Crippen LogP) is 1.44. The molecule has 1 unspecified atom stereocenters. The first-order valence-electron chi connectivity index (χ1n) is 6.54. The van der Waals surface area contributed by atoms with E-state index in [9.17, 15) is 4.79 Å². The fraction of sp³-hybridized carbons (Fsp3) is 0.500. The molecule has 0 radical (unpaired) electrons. The van der Waals surface area contributed by atoms with E-state index in [4.69, 9.17) is 5.73 Å². The number of hydrogen-bond acceptors (Lipinski definition) is 3. The van der Waals surface area contributed by atoms with Crippen molar-refractivity contribution in [3.63, 3.8) is 0 Å². The Morgan fingerprint density at radius 3 is 2.67 bits per heavy atom. The molecule has 1 amide bonds. The minimum absolute atomic E-state index is 0.0431. The van der Waals surface area contributed by atoms with E-state index in [2.05, 4.69) is 10.2 Å². The number of nitrogens with zero attached hydrogens (tertiary/aromatic N) is 1. The highest BCUT2D eigenvalue weighted by molar-refractivity contribution is 5.94. The Balaban J connectivity index is 1.94. The normalized spacial score (nSPS) is 16.6. The van der Waals surface area contributed by atoms with E-state index in [0.717, 1.165) is 12.2 Å². The van der Waals surface area contributed by atoms with Crippen molar-refractivity contribution in [2.24, 2.45) is 5.73 Å². The van der Waals surface area contributed by atoms with E-state index in [1.165, 1.54) is 12.8 Å². The van der Waals surface area contributed by atoms with Crippen molar-refractivity contribution in [1.82, 2.24) is 4.90 Å². The van der Waals surface area contributed by atoms with Crippen LogP contribution in [0.5, 0.6) is 0 Å². The van der Waals surface area contributed by atoms with Crippen molar-refractivity contribution in [2.75, 3.05) is 18.4 Å². The summed E-state index contributed by atoms with van der Waals surface area (Å²) in [5.74, 6) is 0.0431. The number of carbonyl (C=O) groups is 1. The van der Waals surface area contributed by atoms with Gasteiger partial charge in [0, 0.05) is 24.8 Å². The summed E-state index contributed by atoms with van der Waals surface area (Å²) in [7, 11) is 0. The molecule has 1 fully saturated rings. The van der Waals surface area contributed by atoms with E-state index in [-0.39, 0.29) is 11.9 Å². The molecule has 1 atom stereocenters. The van der Waals surface area contributed by atoms with Crippen LogP contribution in [-0.4, -0.2) is 36.0 Å². The molecule has 0 heterocycles. The zero-order valence-electron chi connectivity index (χ0n) is 10.8. The summed E-state index contributed by atoms with van der Waals surface area (Å²) in [6.45, 7) is 3.33. The SMILES string of the molecule is CC(C(=O)Nc1ccccc1)N(CCN)C1CC1. The molecule has 1 aliphatic rings. The van der Waals surface area contributed by atoms with Gasteiger partial charge in [0.05, 0.1) is 6.04 Å². The topological polar surface area (TPSA) is 58.4 Å². The molecular weight excluding hydrogens is 226 g/mol. The maximum absolute atomic E-state index is 12.2. The standard InChI is InChI=1S/C14H21N3O/c1-11(17(10-9-15)13-7-8-13)14(18)16-12-5-3-2-4-6-12/h2-6,11,13H,7-10,15H2,1H3,(H,16,18). The van der Waals surface area contributed by atoms with Crippen LogP contribution in [0.1, 0.15) is 19.8 Å². The summed E-state index contributed by atoms with van der Waals surface area (Å²) in [4.78, 5) is 14.4. The fourth-order valence-electron chi connectivity index (χ4n) is 2.17. The molecule has 0 bridgehead atoms. The molecule has 2 rings (SSSR count). The number of amides is 1. The predicted molar refractivity (Wildman–Crippen MR) is 73.3 cm³/mol. The summed E-state index contributed by atoms with van der Waals surface area (Å²) in [5, 5.41) is 2.94. The van der Waals surface area contributed by atoms with Crippen LogP contribution in [0, 0.1) is 0 Å². The number of benzene rings is 1. The van der Waals surface area contributed by atoms with Crippen LogP contribution in [0.15, 0.2) is 30.3 Å². The molecule has 1 aliphatic carbocycles. The van der Waals surface area contributed by atoms with Crippen molar-refractivity contribution in [3.05, 3.63) is 30.3 Å². The molecule has 0 aromatic heterocycles. The number of nitrogens with one attached hydrogen (secondary N) is 1. The molecule has 1 aromatic rings. The first-order chi connectivity index (χ1) is 8.72. The minimum atomic E-state index is -0.124. The van der Waals surface area contributed by atoms with Gasteiger partial charge in [-0.25, -0.2) is 0 Å². The fourth-order valence-corrected chi connectivity index (χ4v) is 2.17. The lowest BCUT2D eigenvalue weighted by Gasteiger charge is -2.27. The Morgan fingerprint density at radius 1 is 1.44 bits per heavy atom. The van der Waals surface area contributed by atoms with E-state index in [1.54, 1.807) is 0 Å². The largest absolute Gasteiger partial charge is 0.329 e. The molecule has 4 heteroatoms. The molecule has 0 saturated heterocycles. The second kappa shape index (κ2) is 5.98. The minimum Gasteiger partial charge on any atom is -0.329 e. The molecule has 18 heavy (non-hydrogen) atoms. The highest BCUT2D eigenvalue weighted by atomic mass is 16.2. The molecular formula is C14H21N3O. The number of anilines is 1. The van der Waals surface area contributed by atoms with Crippen LogP contribution in [0.2, 0.25) is 0 Å². The van der Waals surface area contributed by atoms with Crippen molar-refractivity contribution < 1.29 is 4.79 Å². The van der Waals surface area contributed by atoms with Crippen LogP contribution in [-0.2, 0) is 4.79 Å². The van der Waals surface area contributed by atoms with E-state index < -0.39 is 0 Å². The Morgan fingerprint density at radius 2 is 2.11 bits per heavy atom. The Kier molecular flexibility index (Phi) is 4.33. The van der Waals surface area contributed by atoms with Crippen LogP contribution in [0.3, 0.4) is 0 Å². The zero-order chi connectivity index (χ0) is 13.0. The van der Waals surface area contributed by atoms with Gasteiger partial charge in [-0.2, -0.15) is 0 Å². The van der Waals surface area contributed by atoms with Crippen molar-refractivity contribution in [1.29, 1.82) is 0 Å². The molecule has 1 saturated carbocycles. The second-order valence-corrected chi connectivity index (χ2v) is 4.79. The lowest BCUT2D eigenvalue weighted by Crippen LogP contribution is -2.45. The number of nitrogens with two attached hydrogens (primary N) is 1. The third-order valence-electron chi connectivity index (χ3n) is 3.32. The summed E-state index contributed by atoms with van der Waals surface area (Å²) in [5.41, 5.74) is 6.46. The van der Waals surface area contributed by atoms with Crippen molar-refractivity contribution >= 4 is 11.6 Å². The van der Waals surface area contributed by atoms with Crippen LogP contribution < -0.4 is 11.1 Å². The number of rotatable bonds is 6. The highest BCUT2D eigenvalue weighted by Crippen LogP contribution is 2.28. The van der Waals surface area contributed by atoms with E-state index >= 15 is 0 Å². The van der Waals surface area contributed by atoms with E-state index in [0.29, 0.717) is 12.6 Å². The Bertz CT molecular complexity index is 389. The average Bonchev–Trinajstić information content (AvgIpc) is 3.20. The van der Waals surface area contributed by atoms with Gasteiger partial charge >= 0.3 is 0 Å². The lowest BCUT2D eigenvalue weighted by molar-refractivity contribution is -0.120. The van der Waals surface area contributed by atoms with Gasteiger partial charge in [-0.15, -0.1) is 0 Å². The lowest BCUT2D eigenvalue weighted by atomic mass is 10.2. The summed E-state index contributed by atoms with van der Waals surface area (Å²) < 4.78 is 0. The maximum Gasteiger partial charge on any atom is 0.241 e. The van der Waals surface area contributed by atoms with Gasteiger partial charge in [0.25, 0.3) is 0 Å². The third-order valence-corrected chi connectivity index (χ3v) is 3.32. The van der Waals surface area contributed by atoms with Crippen LogP contribution in [0.25, 0.3) is 0 Å². The van der Waals surface area contributed by atoms with Gasteiger partial charge in [0.15, 0.2) is 0 Å². The average molecular weight is 247 g/mol. The molecule has 1 aromatic carbocycles. The van der Waals surface area contributed by atoms with Crippen LogP contribution in [0.4, 0.5) is 5.69 Å². The van der Waals surface area contributed by atoms with Gasteiger partial charge in [-0.1, -0.05) is 18.2 Å². The molecule has 0 spiro atoms. The number of para-hydroxylation sites is 1. The third kappa shape index (κ3) is 3.31. The van der Waals surface area contributed by atoms with E-state index in [1.807, 2.05) is 37.3 Å². The monoisotopic (exact) mass is 247 g/mol. The zero-order valence-corrected chi connectivity index (χ0v) is 10.8. The Labute approximate surface area is 108 Å². The summed E-state index contributed by atoms with van der Waals surface area (Å²) in [6, 6.07) is 9.98. The summed E-state index contributed by atoms with van der Waals surface area (Å²) >= 11 is 0. The molecule has 3 N–H and O–H groups in total. The maximum atomic E-state index is 12.2. The smallest absolute Gasteiger partial charge is 0.241 e. The van der Waals surface area contributed by atoms with Gasteiger partial charge in [0.1, 0.15) is 0 Å². The molecule has 4 nitrogen and oxygen atoms in total. The quantitative estimate of drug-likeness (QED) is 0.799. The Hall–Kier alpha value is -1.39. The first-order valence-corrected chi connectivity index (χ1v) is 6.54. The first kappa shape index (κ1) is 13.1. The molecule has 98 valence electrons. The molecule has 0 aliphatic heterocycles. The summed E-state index contributed by atoms with van der Waals surface area (Å²) in [6.07, 6.45) is 2.37. The number of carbonyl (C=O) groups excluding carboxylic acids is 1. The highest BCUT2D eigenvalue weighted by Gasteiger charge is 2.34. The van der Waals surface area contributed by atoms with Gasteiger partial charge in [-0.05, 0) is 31.9 Å². The van der Waals surface area contributed by atoms with Crippen molar-refractivity contribution in [2.45, 2.75) is 31.8 Å². The van der Waals surface area contributed by atoms with Gasteiger partial charge in [-0.3, -0.25) is 9.69 Å². The van der Waals surface area contributed by atoms with Gasteiger partial charge < -0.3 is 11.1 Å². The second-order valence-electron chi connectivity index (χ2n) is 4.79. The number of hydrogen-bond donors (Lipinski definition) is 2. The van der Waals surface area contributed by atoms with Crippen LogP contribution >= 0.6 is 0 Å².